The van der Waals surface area contributed by atoms with Crippen molar-refractivity contribution in [3.8, 4) is 5.75 Å². The number of carboxylic acids is 1. The van der Waals surface area contributed by atoms with E-state index in [2.05, 4.69) is 5.32 Å². The van der Waals surface area contributed by atoms with Crippen LogP contribution in [0, 0.1) is 0 Å². The van der Waals surface area contributed by atoms with Crippen molar-refractivity contribution in [1.29, 1.82) is 0 Å². The van der Waals surface area contributed by atoms with E-state index in [1.807, 2.05) is 6.92 Å². The molecule has 0 radical (unpaired) electrons. The second-order valence-electron chi connectivity index (χ2n) is 8.15. The Kier molecular flexibility index (Phi) is 11.5. The molecule has 2 aromatic rings. The van der Waals surface area contributed by atoms with Gasteiger partial charge in [-0.05, 0) is 43.2 Å². The highest BCUT2D eigenvalue weighted by atomic mass is 19.4. The number of urea groups is 1. The Labute approximate surface area is 209 Å². The predicted octanol–water partition coefficient (Wildman–Crippen LogP) is 5.84. The maximum absolute atomic E-state index is 13.3. The van der Waals surface area contributed by atoms with Crippen LogP contribution in [0.3, 0.4) is 0 Å². The first kappa shape index (κ1) is 29.0. The Morgan fingerprint density at radius 2 is 1.72 bits per heavy atom. The smallest absolute Gasteiger partial charge is 0.418 e. The molecule has 0 saturated carbocycles. The first-order valence-corrected chi connectivity index (χ1v) is 11.9. The van der Waals surface area contributed by atoms with Crippen LogP contribution < -0.4 is 10.1 Å². The van der Waals surface area contributed by atoms with Crippen molar-refractivity contribution >= 4 is 17.7 Å². The molecule has 2 N–H and O–H groups in total. The SMILES string of the molecule is CCCCCN(CCOc1ccc(CC(OCC)C(=O)O)cc1)C(=O)Nc1ccccc1C(F)(F)F. The fourth-order valence-electron chi connectivity index (χ4n) is 3.53. The van der Waals surface area contributed by atoms with E-state index in [1.54, 1.807) is 31.2 Å². The Morgan fingerprint density at radius 3 is 2.33 bits per heavy atom. The van der Waals surface area contributed by atoms with Gasteiger partial charge in [-0.3, -0.25) is 0 Å². The number of para-hydroxylation sites is 1. The number of hydrogen-bond donors (Lipinski definition) is 2. The molecule has 0 bridgehead atoms. The fourth-order valence-corrected chi connectivity index (χ4v) is 3.53. The molecule has 1 unspecified atom stereocenters. The van der Waals surface area contributed by atoms with Crippen molar-refractivity contribution in [3.05, 3.63) is 59.7 Å². The van der Waals surface area contributed by atoms with E-state index in [-0.39, 0.29) is 25.3 Å². The largest absolute Gasteiger partial charge is 0.492 e. The maximum atomic E-state index is 13.3. The standard InChI is InChI=1S/C26H33F3N2O5/c1-3-5-8-15-31(25(34)30-22-10-7-6-9-21(22)26(27,28)29)16-17-36-20-13-11-19(12-14-20)18-23(24(32)33)35-4-2/h6-7,9-14,23H,3-5,8,15-18H2,1-2H3,(H,30,34)(H,32,33). The van der Waals surface area contributed by atoms with Crippen LogP contribution in [0.1, 0.15) is 44.2 Å². The Morgan fingerprint density at radius 1 is 1.03 bits per heavy atom. The van der Waals surface area contributed by atoms with E-state index in [9.17, 15) is 27.9 Å². The molecule has 0 spiro atoms. The van der Waals surface area contributed by atoms with E-state index in [1.165, 1.54) is 23.1 Å². The molecule has 10 heteroatoms. The van der Waals surface area contributed by atoms with Gasteiger partial charge in [0.15, 0.2) is 6.10 Å². The summed E-state index contributed by atoms with van der Waals surface area (Å²) < 4.78 is 50.8. The monoisotopic (exact) mass is 510 g/mol. The molecule has 0 aliphatic rings. The number of alkyl halides is 3. The van der Waals surface area contributed by atoms with E-state index < -0.39 is 29.8 Å². The maximum Gasteiger partial charge on any atom is 0.418 e. The summed E-state index contributed by atoms with van der Waals surface area (Å²) >= 11 is 0. The van der Waals surface area contributed by atoms with Gasteiger partial charge in [0.2, 0.25) is 0 Å². The molecule has 7 nitrogen and oxygen atoms in total. The van der Waals surface area contributed by atoms with Crippen molar-refractivity contribution in [3.63, 3.8) is 0 Å². The number of carbonyl (C=O) groups is 2. The van der Waals surface area contributed by atoms with E-state index in [4.69, 9.17) is 9.47 Å². The van der Waals surface area contributed by atoms with Crippen molar-refractivity contribution < 1.29 is 37.3 Å². The van der Waals surface area contributed by atoms with Crippen molar-refractivity contribution in [2.45, 2.75) is 51.8 Å². The zero-order chi connectivity index (χ0) is 26.6. The molecule has 0 aromatic heterocycles. The number of amides is 2. The molecule has 198 valence electrons. The zero-order valence-electron chi connectivity index (χ0n) is 20.5. The van der Waals surface area contributed by atoms with Gasteiger partial charge in [0.1, 0.15) is 12.4 Å². The summed E-state index contributed by atoms with van der Waals surface area (Å²) in [5.74, 6) is -0.505. The number of unbranched alkanes of at least 4 members (excludes halogenated alkanes) is 2. The Bertz CT molecular complexity index is 967. The first-order valence-electron chi connectivity index (χ1n) is 11.9. The van der Waals surface area contributed by atoms with Gasteiger partial charge in [-0.15, -0.1) is 0 Å². The van der Waals surface area contributed by atoms with Gasteiger partial charge in [0.25, 0.3) is 0 Å². The summed E-state index contributed by atoms with van der Waals surface area (Å²) in [6.45, 7) is 4.73. The molecule has 0 aliphatic heterocycles. The van der Waals surface area contributed by atoms with Crippen LogP contribution in [-0.2, 0) is 22.1 Å². The minimum Gasteiger partial charge on any atom is -0.492 e. The first-order chi connectivity index (χ1) is 17.2. The third kappa shape index (κ3) is 9.41. The van der Waals surface area contributed by atoms with Crippen LogP contribution >= 0.6 is 0 Å². The lowest BCUT2D eigenvalue weighted by Gasteiger charge is -2.24. The van der Waals surface area contributed by atoms with Crippen molar-refractivity contribution in [2.24, 2.45) is 0 Å². The Balaban J connectivity index is 1.98. The number of hydrogen-bond acceptors (Lipinski definition) is 4. The molecule has 2 aromatic carbocycles. The number of halogens is 3. The average molecular weight is 511 g/mol. The van der Waals surface area contributed by atoms with Gasteiger partial charge in [0, 0.05) is 19.6 Å². The summed E-state index contributed by atoms with van der Waals surface area (Å²) in [5.41, 5.74) is -0.427. The lowest BCUT2D eigenvalue weighted by molar-refractivity contribution is -0.150. The zero-order valence-corrected chi connectivity index (χ0v) is 20.5. The van der Waals surface area contributed by atoms with Crippen molar-refractivity contribution in [1.82, 2.24) is 4.90 Å². The topological polar surface area (TPSA) is 88.1 Å². The van der Waals surface area contributed by atoms with Gasteiger partial charge in [-0.25, -0.2) is 9.59 Å². The van der Waals surface area contributed by atoms with Crippen LogP contribution in [0.2, 0.25) is 0 Å². The molecule has 0 fully saturated rings. The van der Waals surface area contributed by atoms with Gasteiger partial charge < -0.3 is 24.8 Å². The number of ether oxygens (including phenoxy) is 2. The Hall–Kier alpha value is -3.27. The number of carbonyl (C=O) groups excluding carboxylic acids is 1. The predicted molar refractivity (Wildman–Crippen MR) is 130 cm³/mol. The number of anilines is 1. The normalized spacial score (nSPS) is 12.1. The van der Waals surface area contributed by atoms with Crippen LogP contribution in [0.25, 0.3) is 0 Å². The molecule has 2 rings (SSSR count). The molecule has 1 atom stereocenters. The van der Waals surface area contributed by atoms with Gasteiger partial charge in [-0.2, -0.15) is 13.2 Å². The fraction of sp³-hybridized carbons (Fsp3) is 0.462. The average Bonchev–Trinajstić information content (AvgIpc) is 2.83. The highest BCUT2D eigenvalue weighted by molar-refractivity contribution is 5.90. The van der Waals surface area contributed by atoms with E-state index in [0.717, 1.165) is 24.5 Å². The molecular weight excluding hydrogens is 477 g/mol. The summed E-state index contributed by atoms with van der Waals surface area (Å²) in [6, 6.07) is 11.1. The molecule has 36 heavy (non-hydrogen) atoms. The lowest BCUT2D eigenvalue weighted by atomic mass is 10.1. The molecule has 0 aliphatic carbocycles. The van der Waals surface area contributed by atoms with E-state index >= 15 is 0 Å². The molecule has 0 heterocycles. The third-order valence-corrected chi connectivity index (χ3v) is 5.41. The molecule has 2 amide bonds. The third-order valence-electron chi connectivity index (χ3n) is 5.41. The minimum absolute atomic E-state index is 0.135. The minimum atomic E-state index is -4.58. The molecular formula is C26H33F3N2O5. The number of rotatable bonds is 14. The summed E-state index contributed by atoms with van der Waals surface area (Å²) in [6.07, 6.45) is -2.78. The number of nitrogens with one attached hydrogen (secondary N) is 1. The number of aliphatic carboxylic acids is 1. The number of benzene rings is 2. The number of carboxylic acid groups (broad SMARTS) is 1. The quantitative estimate of drug-likeness (QED) is 0.312. The summed E-state index contributed by atoms with van der Waals surface area (Å²) in [5, 5.41) is 11.6. The van der Waals surface area contributed by atoms with Crippen LogP contribution in [-0.4, -0.2) is 54.4 Å². The van der Waals surface area contributed by atoms with Crippen LogP contribution in [0.15, 0.2) is 48.5 Å². The van der Waals surface area contributed by atoms with Crippen molar-refractivity contribution in [2.75, 3.05) is 31.6 Å². The van der Waals surface area contributed by atoms with E-state index in [0.29, 0.717) is 25.3 Å². The summed E-state index contributed by atoms with van der Waals surface area (Å²) in [4.78, 5) is 25.5. The van der Waals surface area contributed by atoms with Crippen LogP contribution in [0.5, 0.6) is 5.75 Å². The highest BCUT2D eigenvalue weighted by Crippen LogP contribution is 2.34. The number of nitrogens with zero attached hydrogens (tertiary/aromatic N) is 1. The lowest BCUT2D eigenvalue weighted by Crippen LogP contribution is -2.39. The second kappa shape index (κ2) is 14.3. The van der Waals surface area contributed by atoms with Gasteiger partial charge in [-0.1, -0.05) is 44.0 Å². The summed E-state index contributed by atoms with van der Waals surface area (Å²) in [7, 11) is 0. The van der Waals surface area contributed by atoms with Gasteiger partial charge >= 0.3 is 18.2 Å². The van der Waals surface area contributed by atoms with Gasteiger partial charge in [0.05, 0.1) is 17.8 Å². The molecule has 0 saturated heterocycles. The second-order valence-corrected chi connectivity index (χ2v) is 8.15. The van der Waals surface area contributed by atoms with Crippen LogP contribution in [0.4, 0.5) is 23.7 Å². The highest BCUT2D eigenvalue weighted by Gasteiger charge is 2.33.